The van der Waals surface area contributed by atoms with Gasteiger partial charge in [0.2, 0.25) is 0 Å². The van der Waals surface area contributed by atoms with Crippen LogP contribution in [0.5, 0.6) is 0 Å². The molecule has 1 aliphatic heterocycles. The minimum absolute atomic E-state index is 0.172. The van der Waals surface area contributed by atoms with E-state index in [2.05, 4.69) is 21.9 Å². The molecule has 4 nitrogen and oxygen atoms in total. The molecule has 2 unspecified atom stereocenters. The molecule has 1 saturated heterocycles. The zero-order chi connectivity index (χ0) is 10.8. The second-order valence-corrected chi connectivity index (χ2v) is 4.61. The molecule has 1 fully saturated rings. The van der Waals surface area contributed by atoms with E-state index < -0.39 is 0 Å². The Hall–Kier alpha value is -0.870. The summed E-state index contributed by atoms with van der Waals surface area (Å²) in [5.74, 6) is 1.01. The van der Waals surface area contributed by atoms with Gasteiger partial charge < -0.3 is 10.7 Å². The van der Waals surface area contributed by atoms with Gasteiger partial charge in [0.25, 0.3) is 0 Å². The molecule has 2 atom stereocenters. The van der Waals surface area contributed by atoms with Crippen LogP contribution in [0.1, 0.15) is 37.3 Å². The molecular formula is C11H20N4. The summed E-state index contributed by atoms with van der Waals surface area (Å²) >= 11 is 0. The van der Waals surface area contributed by atoms with Crippen molar-refractivity contribution >= 4 is 0 Å². The quantitative estimate of drug-likeness (QED) is 0.781. The number of aromatic nitrogens is 2. The van der Waals surface area contributed by atoms with Crippen LogP contribution in [0, 0.1) is 0 Å². The van der Waals surface area contributed by atoms with Crippen LogP contribution < -0.4 is 5.73 Å². The van der Waals surface area contributed by atoms with E-state index in [1.807, 2.05) is 13.1 Å². The Kier molecular flexibility index (Phi) is 3.07. The van der Waals surface area contributed by atoms with E-state index in [1.54, 1.807) is 0 Å². The minimum atomic E-state index is 0.172. The van der Waals surface area contributed by atoms with Gasteiger partial charge in [0, 0.05) is 18.7 Å². The Morgan fingerprint density at radius 1 is 1.73 bits per heavy atom. The van der Waals surface area contributed by atoms with E-state index in [1.165, 1.54) is 25.1 Å². The van der Waals surface area contributed by atoms with Crippen LogP contribution >= 0.6 is 0 Å². The van der Waals surface area contributed by atoms with Gasteiger partial charge in [-0.15, -0.1) is 0 Å². The molecule has 0 spiro atoms. The second-order valence-electron chi connectivity index (χ2n) is 4.61. The van der Waals surface area contributed by atoms with E-state index >= 15 is 0 Å². The number of aromatic amines is 1. The molecule has 15 heavy (non-hydrogen) atoms. The molecule has 0 aliphatic carbocycles. The van der Waals surface area contributed by atoms with Crippen LogP contribution in [-0.2, 0) is 6.42 Å². The maximum Gasteiger partial charge on any atom is 0.107 e. The lowest BCUT2D eigenvalue weighted by Gasteiger charge is -2.17. The summed E-state index contributed by atoms with van der Waals surface area (Å²) in [7, 11) is 2.17. The summed E-state index contributed by atoms with van der Waals surface area (Å²) in [5, 5.41) is 0. The normalized spacial score (nSPS) is 24.6. The third-order valence-electron chi connectivity index (χ3n) is 3.04. The van der Waals surface area contributed by atoms with Crippen LogP contribution in [-0.4, -0.2) is 34.5 Å². The topological polar surface area (TPSA) is 57.9 Å². The van der Waals surface area contributed by atoms with Crippen molar-refractivity contribution in [2.24, 2.45) is 5.73 Å². The lowest BCUT2D eigenvalue weighted by molar-refractivity contribution is 0.312. The fourth-order valence-electron chi connectivity index (χ4n) is 2.26. The average Bonchev–Trinajstić information content (AvgIpc) is 2.72. The first-order valence-corrected chi connectivity index (χ1v) is 5.66. The molecule has 4 heteroatoms. The van der Waals surface area contributed by atoms with Crippen LogP contribution in [0.2, 0.25) is 0 Å². The van der Waals surface area contributed by atoms with Crippen molar-refractivity contribution in [3.63, 3.8) is 0 Å². The molecule has 0 radical (unpaired) electrons. The van der Waals surface area contributed by atoms with Crippen molar-refractivity contribution in [1.82, 2.24) is 14.9 Å². The van der Waals surface area contributed by atoms with Crippen molar-refractivity contribution in [1.29, 1.82) is 0 Å². The average molecular weight is 208 g/mol. The monoisotopic (exact) mass is 208 g/mol. The molecule has 2 rings (SSSR count). The maximum atomic E-state index is 5.74. The summed E-state index contributed by atoms with van der Waals surface area (Å²) < 4.78 is 0. The van der Waals surface area contributed by atoms with Gasteiger partial charge in [-0.05, 0) is 33.4 Å². The number of nitrogens with one attached hydrogen (secondary N) is 1. The highest BCUT2D eigenvalue weighted by Gasteiger charge is 2.24. The van der Waals surface area contributed by atoms with E-state index in [4.69, 9.17) is 5.73 Å². The van der Waals surface area contributed by atoms with Gasteiger partial charge in [0.05, 0.1) is 11.7 Å². The number of hydrogen-bond donors (Lipinski definition) is 2. The number of rotatable bonds is 3. The molecular weight excluding hydrogens is 188 g/mol. The Morgan fingerprint density at radius 2 is 2.53 bits per heavy atom. The largest absolute Gasteiger partial charge is 0.345 e. The SMILES string of the molecule is CC(N)Cc1ncc(C2CCCN2C)[nH]1. The highest BCUT2D eigenvalue weighted by molar-refractivity contribution is 5.09. The number of nitrogens with zero attached hydrogens (tertiary/aromatic N) is 2. The Labute approximate surface area is 90.9 Å². The standard InChI is InChI=1S/C11H20N4/c1-8(12)6-11-13-7-9(14-11)10-4-3-5-15(10)2/h7-8,10H,3-6,12H2,1-2H3,(H,13,14). The molecule has 0 bridgehead atoms. The predicted octanol–water partition coefficient (Wildman–Crippen LogP) is 1.07. The van der Waals surface area contributed by atoms with E-state index in [-0.39, 0.29) is 6.04 Å². The van der Waals surface area contributed by atoms with Gasteiger partial charge in [-0.25, -0.2) is 4.98 Å². The summed E-state index contributed by atoms with van der Waals surface area (Å²) in [5.41, 5.74) is 6.99. The van der Waals surface area contributed by atoms with Gasteiger partial charge in [-0.2, -0.15) is 0 Å². The van der Waals surface area contributed by atoms with Crippen LogP contribution in [0.3, 0.4) is 0 Å². The maximum absolute atomic E-state index is 5.74. The molecule has 1 aliphatic rings. The van der Waals surface area contributed by atoms with Crippen LogP contribution in [0.25, 0.3) is 0 Å². The fourth-order valence-corrected chi connectivity index (χ4v) is 2.26. The lowest BCUT2D eigenvalue weighted by Crippen LogP contribution is -2.19. The van der Waals surface area contributed by atoms with Gasteiger partial charge >= 0.3 is 0 Å². The van der Waals surface area contributed by atoms with Crippen molar-refractivity contribution in [3.05, 3.63) is 17.7 Å². The van der Waals surface area contributed by atoms with Gasteiger partial charge in [-0.1, -0.05) is 0 Å². The number of imidazole rings is 1. The first kappa shape index (κ1) is 10.6. The number of hydrogen-bond acceptors (Lipinski definition) is 3. The zero-order valence-corrected chi connectivity index (χ0v) is 9.53. The third kappa shape index (κ3) is 2.38. The van der Waals surface area contributed by atoms with Crippen molar-refractivity contribution in [3.8, 4) is 0 Å². The van der Waals surface area contributed by atoms with Crippen LogP contribution in [0.4, 0.5) is 0 Å². The zero-order valence-electron chi connectivity index (χ0n) is 9.53. The highest BCUT2D eigenvalue weighted by Crippen LogP contribution is 2.28. The van der Waals surface area contributed by atoms with Gasteiger partial charge in [0.15, 0.2) is 0 Å². The fraction of sp³-hybridized carbons (Fsp3) is 0.727. The van der Waals surface area contributed by atoms with Crippen molar-refractivity contribution < 1.29 is 0 Å². The second kappa shape index (κ2) is 4.33. The first-order valence-electron chi connectivity index (χ1n) is 5.66. The predicted molar refractivity (Wildman–Crippen MR) is 60.5 cm³/mol. The molecule has 0 aromatic carbocycles. The van der Waals surface area contributed by atoms with Gasteiger partial charge in [-0.3, -0.25) is 4.90 Å². The molecule has 0 amide bonds. The van der Waals surface area contributed by atoms with Crippen LogP contribution in [0.15, 0.2) is 6.20 Å². The number of H-pyrrole nitrogens is 1. The van der Waals surface area contributed by atoms with E-state index in [9.17, 15) is 0 Å². The Bertz CT molecular complexity index is 318. The van der Waals surface area contributed by atoms with E-state index in [0.717, 1.165) is 12.2 Å². The summed E-state index contributed by atoms with van der Waals surface area (Å²) in [6.07, 6.45) is 5.31. The van der Waals surface area contributed by atoms with Gasteiger partial charge in [0.1, 0.15) is 5.82 Å². The third-order valence-corrected chi connectivity index (χ3v) is 3.04. The minimum Gasteiger partial charge on any atom is -0.345 e. The molecule has 1 aromatic rings. The summed E-state index contributed by atoms with van der Waals surface area (Å²) in [4.78, 5) is 10.1. The van der Waals surface area contributed by atoms with E-state index in [0.29, 0.717) is 6.04 Å². The smallest absolute Gasteiger partial charge is 0.107 e. The van der Waals surface area contributed by atoms with Crippen molar-refractivity contribution in [2.45, 2.75) is 38.3 Å². The van der Waals surface area contributed by atoms with Crippen molar-refractivity contribution in [2.75, 3.05) is 13.6 Å². The summed E-state index contributed by atoms with van der Waals surface area (Å²) in [6.45, 7) is 3.19. The molecule has 0 saturated carbocycles. The number of nitrogens with two attached hydrogens (primary N) is 1. The molecule has 1 aromatic heterocycles. The first-order chi connectivity index (χ1) is 7.16. The Morgan fingerprint density at radius 3 is 3.13 bits per heavy atom. The number of likely N-dealkylation sites (tertiary alicyclic amines) is 1. The molecule has 3 N–H and O–H groups in total. The molecule has 2 heterocycles. The lowest BCUT2D eigenvalue weighted by atomic mass is 10.2. The summed E-state index contributed by atoms with van der Waals surface area (Å²) in [6, 6.07) is 0.699. The highest BCUT2D eigenvalue weighted by atomic mass is 15.2. The Balaban J connectivity index is 2.06. The molecule has 84 valence electrons.